The first-order valence-corrected chi connectivity index (χ1v) is 9.03. The molecule has 0 saturated carbocycles. The molecule has 0 saturated heterocycles. The van der Waals surface area contributed by atoms with Crippen LogP contribution in [0.1, 0.15) is 13.3 Å². The van der Waals surface area contributed by atoms with Crippen molar-refractivity contribution in [3.8, 4) is 0 Å². The molecule has 0 aromatic heterocycles. The van der Waals surface area contributed by atoms with Gasteiger partial charge < -0.3 is 26.6 Å². The summed E-state index contributed by atoms with van der Waals surface area (Å²) in [5.41, 5.74) is 0. The Hall–Kier alpha value is -0.0662. The second-order valence-corrected chi connectivity index (χ2v) is 9.61. The van der Waals surface area contributed by atoms with Gasteiger partial charge in [0.15, 0.2) is 0 Å². The summed E-state index contributed by atoms with van der Waals surface area (Å²) in [6.07, 6.45) is 2.70. The largest absolute Gasteiger partial charge is 0.535 e. The fourth-order valence-electron chi connectivity index (χ4n) is 1.80. The van der Waals surface area contributed by atoms with Crippen LogP contribution in [0.3, 0.4) is 0 Å². The van der Waals surface area contributed by atoms with Gasteiger partial charge in [0, 0.05) is 42.7 Å². The third-order valence-corrected chi connectivity index (χ3v) is 9.47. The molecule has 0 radical (unpaired) electrons. The van der Waals surface area contributed by atoms with Crippen molar-refractivity contribution in [2.75, 3.05) is 42.7 Å². The predicted octanol–water partition coefficient (Wildman–Crippen LogP) is 1.16. The first-order valence-electron chi connectivity index (χ1n) is 5.58. The normalized spacial score (nSPS) is 12.6. The van der Waals surface area contributed by atoms with Crippen LogP contribution in [0.25, 0.3) is 0 Å². The summed E-state index contributed by atoms with van der Waals surface area (Å²) in [7, 11) is 3.23. The van der Waals surface area contributed by atoms with Crippen LogP contribution in [-0.2, 0) is 26.6 Å². The van der Waals surface area contributed by atoms with E-state index in [0.717, 1.165) is 11.2 Å². The van der Waals surface area contributed by atoms with E-state index in [1.165, 1.54) is 0 Å². The standard InChI is InChI=1S/C10H24O6Si2/c1-8-9-10(17(11-2,12-3)13-4)18(14-5,15-6)16-7/h9H,8H2,1-7H3. The van der Waals surface area contributed by atoms with Crippen LogP contribution in [0, 0.1) is 0 Å². The zero-order valence-electron chi connectivity index (χ0n) is 12.2. The van der Waals surface area contributed by atoms with Crippen LogP contribution in [0.15, 0.2) is 10.9 Å². The summed E-state index contributed by atoms with van der Waals surface area (Å²) in [5.74, 6) is 0. The highest BCUT2D eigenvalue weighted by Crippen LogP contribution is 2.29. The summed E-state index contributed by atoms with van der Waals surface area (Å²) >= 11 is 0. The van der Waals surface area contributed by atoms with Crippen LogP contribution in [0.5, 0.6) is 0 Å². The molecule has 0 bridgehead atoms. The van der Waals surface area contributed by atoms with E-state index < -0.39 is 17.6 Å². The van der Waals surface area contributed by atoms with Crippen LogP contribution >= 0.6 is 0 Å². The Morgan fingerprint density at radius 1 is 0.722 bits per heavy atom. The summed E-state index contributed by atoms with van der Waals surface area (Å²) in [4.78, 5) is 0.720. The van der Waals surface area contributed by atoms with Crippen LogP contribution in [0.2, 0.25) is 0 Å². The number of hydrogen-bond donors (Lipinski definition) is 0. The molecule has 0 fully saturated rings. The van der Waals surface area contributed by atoms with Gasteiger partial charge in [0.2, 0.25) is 0 Å². The summed E-state index contributed by atoms with van der Waals surface area (Å²) in [6.45, 7) is 2.00. The molecular formula is C10H24O6Si2. The van der Waals surface area contributed by atoms with Crippen molar-refractivity contribution in [1.29, 1.82) is 0 Å². The molecule has 0 heterocycles. The third kappa shape index (κ3) is 3.28. The molecule has 0 aliphatic heterocycles. The molecule has 0 amide bonds. The van der Waals surface area contributed by atoms with Gasteiger partial charge in [-0.25, -0.2) is 0 Å². The van der Waals surface area contributed by atoms with Crippen molar-refractivity contribution in [1.82, 2.24) is 0 Å². The molecule has 0 unspecified atom stereocenters. The molecule has 0 rings (SSSR count). The van der Waals surface area contributed by atoms with E-state index in [-0.39, 0.29) is 0 Å². The lowest BCUT2D eigenvalue weighted by Crippen LogP contribution is -2.59. The smallest absolute Gasteiger partial charge is 0.374 e. The van der Waals surface area contributed by atoms with Crippen LogP contribution < -0.4 is 0 Å². The van der Waals surface area contributed by atoms with Gasteiger partial charge in [0.1, 0.15) is 0 Å². The molecule has 108 valence electrons. The molecule has 0 spiro atoms. The Kier molecular flexibility index (Phi) is 8.14. The molecule has 18 heavy (non-hydrogen) atoms. The second-order valence-electron chi connectivity index (χ2n) is 3.36. The number of hydrogen-bond acceptors (Lipinski definition) is 6. The van der Waals surface area contributed by atoms with E-state index in [1.807, 2.05) is 13.0 Å². The Morgan fingerprint density at radius 3 is 1.17 bits per heavy atom. The molecule has 0 aromatic rings. The van der Waals surface area contributed by atoms with Gasteiger partial charge in [-0.15, -0.1) is 0 Å². The van der Waals surface area contributed by atoms with Gasteiger partial charge in [0.25, 0.3) is 0 Å². The Labute approximate surface area is 112 Å². The Balaban J connectivity index is 5.75. The average Bonchev–Trinajstić information content (AvgIpc) is 2.44. The first-order chi connectivity index (χ1) is 8.56. The third-order valence-electron chi connectivity index (χ3n) is 2.68. The minimum absolute atomic E-state index is 0.720. The van der Waals surface area contributed by atoms with E-state index >= 15 is 0 Å². The minimum Gasteiger partial charge on any atom is -0.374 e. The molecule has 8 heteroatoms. The maximum absolute atomic E-state index is 5.48. The zero-order valence-corrected chi connectivity index (χ0v) is 14.2. The molecule has 6 nitrogen and oxygen atoms in total. The van der Waals surface area contributed by atoms with Crippen LogP contribution in [0.4, 0.5) is 0 Å². The number of rotatable bonds is 9. The molecule has 0 aliphatic rings. The topological polar surface area (TPSA) is 55.4 Å². The summed E-state index contributed by atoms with van der Waals surface area (Å²) < 4.78 is 32.9. The lowest BCUT2D eigenvalue weighted by atomic mass is 10.5. The SMILES string of the molecule is CCC=C([Si](OC)(OC)OC)[Si](OC)(OC)OC. The Bertz CT molecular complexity index is 225. The van der Waals surface area contributed by atoms with Crippen molar-refractivity contribution < 1.29 is 26.6 Å². The maximum atomic E-state index is 5.48. The molecule has 0 N–H and O–H groups in total. The lowest BCUT2D eigenvalue weighted by Gasteiger charge is -2.34. The second kappa shape index (κ2) is 8.17. The van der Waals surface area contributed by atoms with Crippen molar-refractivity contribution in [3.05, 3.63) is 10.9 Å². The highest BCUT2D eigenvalue weighted by Gasteiger charge is 2.59. The van der Waals surface area contributed by atoms with E-state index in [2.05, 4.69) is 0 Å². The lowest BCUT2D eigenvalue weighted by molar-refractivity contribution is 0.111. The summed E-state index contributed by atoms with van der Waals surface area (Å²) in [5, 5.41) is 0. The average molecular weight is 296 g/mol. The molecular weight excluding hydrogens is 272 g/mol. The fraction of sp³-hybridized carbons (Fsp3) is 0.800. The fourth-order valence-corrected chi connectivity index (χ4v) is 8.37. The highest BCUT2D eigenvalue weighted by molar-refractivity contribution is 6.91. The molecule has 0 atom stereocenters. The maximum Gasteiger partial charge on any atom is 0.535 e. The van der Waals surface area contributed by atoms with E-state index in [1.54, 1.807) is 42.7 Å². The van der Waals surface area contributed by atoms with Crippen molar-refractivity contribution in [2.24, 2.45) is 0 Å². The predicted molar refractivity (Wildman–Crippen MR) is 71.9 cm³/mol. The molecule has 0 aromatic carbocycles. The summed E-state index contributed by atoms with van der Waals surface area (Å²) in [6, 6.07) is 0. The van der Waals surface area contributed by atoms with E-state index in [4.69, 9.17) is 26.6 Å². The Morgan fingerprint density at radius 2 is 1.00 bits per heavy atom. The first kappa shape index (κ1) is 17.9. The molecule has 0 aliphatic carbocycles. The van der Waals surface area contributed by atoms with Gasteiger partial charge in [0.05, 0.1) is 4.82 Å². The zero-order chi connectivity index (χ0) is 14.2. The quantitative estimate of drug-likeness (QED) is 0.595. The monoisotopic (exact) mass is 296 g/mol. The minimum atomic E-state index is -3.02. The van der Waals surface area contributed by atoms with Crippen molar-refractivity contribution in [2.45, 2.75) is 13.3 Å². The van der Waals surface area contributed by atoms with Gasteiger partial charge in [-0.1, -0.05) is 13.0 Å². The van der Waals surface area contributed by atoms with Crippen molar-refractivity contribution >= 4 is 17.6 Å². The van der Waals surface area contributed by atoms with Crippen LogP contribution in [-0.4, -0.2) is 60.3 Å². The van der Waals surface area contributed by atoms with Gasteiger partial charge in [-0.3, -0.25) is 0 Å². The van der Waals surface area contributed by atoms with E-state index in [0.29, 0.717) is 0 Å². The van der Waals surface area contributed by atoms with Crippen molar-refractivity contribution in [3.63, 3.8) is 0 Å². The number of allylic oxidation sites excluding steroid dienone is 1. The highest BCUT2D eigenvalue weighted by atomic mass is 28.5. The van der Waals surface area contributed by atoms with Gasteiger partial charge in [-0.05, 0) is 6.42 Å². The van der Waals surface area contributed by atoms with Gasteiger partial charge >= 0.3 is 17.6 Å². The van der Waals surface area contributed by atoms with E-state index in [9.17, 15) is 0 Å². The van der Waals surface area contributed by atoms with Gasteiger partial charge in [-0.2, -0.15) is 0 Å².